The van der Waals surface area contributed by atoms with Crippen molar-refractivity contribution in [3.05, 3.63) is 102 Å². The van der Waals surface area contributed by atoms with Crippen LogP contribution in [-0.4, -0.2) is 28.5 Å². The van der Waals surface area contributed by atoms with Gasteiger partial charge in [0.15, 0.2) is 11.7 Å². The van der Waals surface area contributed by atoms with Crippen LogP contribution < -0.4 is 5.32 Å². The molecule has 2 aromatic heterocycles. The molecule has 1 amide bonds. The summed E-state index contributed by atoms with van der Waals surface area (Å²) in [5, 5.41) is 5.71. The molecule has 7 heteroatoms. The quantitative estimate of drug-likeness (QED) is 0.296. The van der Waals surface area contributed by atoms with E-state index >= 15 is 0 Å². The Labute approximate surface area is 206 Å². The number of carbonyl (C=O) groups is 2. The molecule has 0 atom stereocenters. The molecule has 0 spiro atoms. The molecule has 0 aliphatic heterocycles. The average molecular weight is 480 g/mol. The van der Waals surface area contributed by atoms with Gasteiger partial charge in [0.25, 0.3) is 5.91 Å². The highest BCUT2D eigenvalue weighted by Gasteiger charge is 2.16. The van der Waals surface area contributed by atoms with E-state index in [1.165, 1.54) is 11.3 Å². The summed E-state index contributed by atoms with van der Waals surface area (Å²) in [6, 6.07) is 27.2. The third-order valence-corrected chi connectivity index (χ3v) is 6.19. The summed E-state index contributed by atoms with van der Waals surface area (Å²) in [7, 11) is 0. The first-order valence-electron chi connectivity index (χ1n) is 11.0. The van der Waals surface area contributed by atoms with Crippen LogP contribution in [0.15, 0.2) is 90.3 Å². The fourth-order valence-corrected chi connectivity index (χ4v) is 4.50. The van der Waals surface area contributed by atoms with Gasteiger partial charge >= 0.3 is 5.97 Å². The predicted molar refractivity (Wildman–Crippen MR) is 138 cm³/mol. The molecule has 1 N–H and O–H groups in total. The number of thiazole rings is 1. The number of carbonyl (C=O) groups excluding carboxylic acids is 2. The number of amides is 1. The van der Waals surface area contributed by atoms with Gasteiger partial charge in [-0.15, -0.1) is 11.3 Å². The average Bonchev–Trinajstić information content (AvgIpc) is 3.35. The summed E-state index contributed by atoms with van der Waals surface area (Å²) in [5.41, 5.74) is 5.78. The molecule has 0 unspecified atom stereocenters. The maximum absolute atomic E-state index is 12.6. The highest BCUT2D eigenvalue weighted by Crippen LogP contribution is 2.27. The van der Waals surface area contributed by atoms with Gasteiger partial charge in [-0.2, -0.15) is 0 Å². The topological polar surface area (TPSA) is 81.2 Å². The third-order valence-electron chi connectivity index (χ3n) is 5.44. The van der Waals surface area contributed by atoms with Gasteiger partial charge in [-0.05, 0) is 30.2 Å². The highest BCUT2D eigenvalue weighted by atomic mass is 32.1. The first-order valence-corrected chi connectivity index (χ1v) is 11.9. The zero-order valence-electron chi connectivity index (χ0n) is 18.9. The number of esters is 1. The van der Waals surface area contributed by atoms with Crippen LogP contribution in [0, 0.1) is 6.92 Å². The highest BCUT2D eigenvalue weighted by molar-refractivity contribution is 7.14. The fraction of sp³-hybridized carbons (Fsp3) is 0.0714. The van der Waals surface area contributed by atoms with Crippen LogP contribution in [-0.2, 0) is 9.53 Å². The smallest absolute Gasteiger partial charge is 0.339 e. The van der Waals surface area contributed by atoms with Gasteiger partial charge in [-0.25, -0.2) is 9.78 Å². The second kappa shape index (κ2) is 9.87. The Morgan fingerprint density at radius 1 is 0.857 bits per heavy atom. The number of aromatic nitrogens is 2. The minimum Gasteiger partial charge on any atom is -0.452 e. The Bertz CT molecular complexity index is 1510. The molecule has 0 aliphatic rings. The lowest BCUT2D eigenvalue weighted by Gasteiger charge is -2.08. The molecular formula is C28H21N3O3S. The standard InChI is InChI=1S/C28H21N3O3S/c1-18-15-23(22-9-5-6-10-24(22)29-18)27(33)34-16-26(32)31-28-30-25(17-35-28)21-13-11-20(12-14-21)19-7-3-2-4-8-19/h2-15,17H,16H2,1H3,(H,30,31,32). The van der Waals surface area contributed by atoms with Gasteiger partial charge in [0.05, 0.1) is 16.8 Å². The number of hydrogen-bond acceptors (Lipinski definition) is 6. The van der Waals surface area contributed by atoms with E-state index in [9.17, 15) is 9.59 Å². The normalized spacial score (nSPS) is 10.8. The van der Waals surface area contributed by atoms with E-state index in [-0.39, 0.29) is 0 Å². The van der Waals surface area contributed by atoms with Crippen LogP contribution in [0.5, 0.6) is 0 Å². The number of fused-ring (bicyclic) bond motifs is 1. The number of ether oxygens (including phenoxy) is 1. The largest absolute Gasteiger partial charge is 0.452 e. The third kappa shape index (κ3) is 5.10. The second-order valence-electron chi connectivity index (χ2n) is 7.93. The second-order valence-corrected chi connectivity index (χ2v) is 8.79. The van der Waals surface area contributed by atoms with Crippen LogP contribution >= 0.6 is 11.3 Å². The van der Waals surface area contributed by atoms with E-state index in [4.69, 9.17) is 4.74 Å². The van der Waals surface area contributed by atoms with E-state index in [0.29, 0.717) is 27.3 Å². The Morgan fingerprint density at radius 3 is 2.34 bits per heavy atom. The zero-order chi connectivity index (χ0) is 24.2. The maximum atomic E-state index is 12.6. The van der Waals surface area contributed by atoms with Gasteiger partial charge in [0.1, 0.15) is 0 Å². The Balaban J connectivity index is 1.21. The van der Waals surface area contributed by atoms with Crippen LogP contribution in [0.25, 0.3) is 33.3 Å². The van der Waals surface area contributed by atoms with Crippen LogP contribution in [0.1, 0.15) is 16.1 Å². The van der Waals surface area contributed by atoms with Crippen molar-refractivity contribution in [1.29, 1.82) is 0 Å². The minimum atomic E-state index is -0.569. The van der Waals surface area contributed by atoms with Gasteiger partial charge in [-0.3, -0.25) is 15.1 Å². The lowest BCUT2D eigenvalue weighted by Crippen LogP contribution is -2.21. The molecule has 3 aromatic carbocycles. The number of nitrogens with zero attached hydrogens (tertiary/aromatic N) is 2. The molecule has 35 heavy (non-hydrogen) atoms. The van der Waals surface area contributed by atoms with E-state index < -0.39 is 18.5 Å². The molecule has 0 aliphatic carbocycles. The molecule has 5 rings (SSSR count). The van der Waals surface area contributed by atoms with Gasteiger partial charge < -0.3 is 4.74 Å². The monoisotopic (exact) mass is 479 g/mol. The van der Waals surface area contributed by atoms with Crippen molar-refractivity contribution in [2.75, 3.05) is 11.9 Å². The molecule has 5 aromatic rings. The minimum absolute atomic E-state index is 0.386. The summed E-state index contributed by atoms with van der Waals surface area (Å²) < 4.78 is 5.27. The molecule has 6 nitrogen and oxygen atoms in total. The first kappa shape index (κ1) is 22.4. The Kier molecular flexibility index (Phi) is 6.32. The maximum Gasteiger partial charge on any atom is 0.339 e. The summed E-state index contributed by atoms with van der Waals surface area (Å²) in [6.07, 6.45) is 0. The molecule has 0 saturated heterocycles. The zero-order valence-corrected chi connectivity index (χ0v) is 19.7. The van der Waals surface area contributed by atoms with Crippen LogP contribution in [0.3, 0.4) is 0 Å². The number of aryl methyl sites for hydroxylation is 1. The van der Waals surface area contributed by atoms with Crippen molar-refractivity contribution >= 4 is 39.2 Å². The number of nitrogens with one attached hydrogen (secondary N) is 1. The van der Waals surface area contributed by atoms with Crippen molar-refractivity contribution in [2.45, 2.75) is 6.92 Å². The number of pyridine rings is 1. The fourth-order valence-electron chi connectivity index (χ4n) is 3.77. The lowest BCUT2D eigenvalue weighted by molar-refractivity contribution is -0.119. The van der Waals surface area contributed by atoms with Crippen LogP contribution in [0.4, 0.5) is 5.13 Å². The summed E-state index contributed by atoms with van der Waals surface area (Å²) in [6.45, 7) is 1.40. The van der Waals surface area contributed by atoms with E-state index in [1.54, 1.807) is 6.07 Å². The lowest BCUT2D eigenvalue weighted by atomic mass is 10.0. The van der Waals surface area contributed by atoms with Gasteiger partial charge in [0.2, 0.25) is 0 Å². The molecular weight excluding hydrogens is 458 g/mol. The van der Waals surface area contributed by atoms with Crippen molar-refractivity contribution in [2.24, 2.45) is 0 Å². The van der Waals surface area contributed by atoms with Crippen molar-refractivity contribution in [3.8, 4) is 22.4 Å². The van der Waals surface area contributed by atoms with Crippen molar-refractivity contribution in [1.82, 2.24) is 9.97 Å². The van der Waals surface area contributed by atoms with Crippen LogP contribution in [0.2, 0.25) is 0 Å². The summed E-state index contributed by atoms with van der Waals surface area (Å²) >= 11 is 1.32. The summed E-state index contributed by atoms with van der Waals surface area (Å²) in [5.74, 6) is -1.02. The van der Waals surface area contributed by atoms with E-state index in [2.05, 4.69) is 27.4 Å². The molecule has 0 bridgehead atoms. The Hall–Kier alpha value is -4.36. The number of anilines is 1. The molecule has 0 saturated carbocycles. The molecule has 0 fully saturated rings. The van der Waals surface area contributed by atoms with E-state index in [0.717, 1.165) is 22.4 Å². The Morgan fingerprint density at radius 2 is 1.54 bits per heavy atom. The van der Waals surface area contributed by atoms with Crippen molar-refractivity contribution in [3.63, 3.8) is 0 Å². The molecule has 0 radical (unpaired) electrons. The van der Waals surface area contributed by atoms with Crippen molar-refractivity contribution < 1.29 is 14.3 Å². The molecule has 2 heterocycles. The summed E-state index contributed by atoms with van der Waals surface area (Å²) in [4.78, 5) is 34.0. The van der Waals surface area contributed by atoms with Gasteiger partial charge in [-0.1, -0.05) is 72.8 Å². The number of hydrogen-bond donors (Lipinski definition) is 1. The molecule has 172 valence electrons. The number of benzene rings is 3. The number of rotatable bonds is 6. The predicted octanol–water partition coefficient (Wildman–Crippen LogP) is 6.13. The van der Waals surface area contributed by atoms with E-state index in [1.807, 2.05) is 79.0 Å². The van der Waals surface area contributed by atoms with Gasteiger partial charge in [0, 0.05) is 22.0 Å². The first-order chi connectivity index (χ1) is 17.1. The number of para-hydroxylation sites is 1. The SMILES string of the molecule is Cc1cc(C(=O)OCC(=O)Nc2nc(-c3ccc(-c4ccccc4)cc3)cs2)c2ccccc2n1.